The number of nitrogens with zero attached hydrogens (tertiary/aromatic N) is 1. The molecule has 2 rings (SSSR count). The predicted octanol–water partition coefficient (Wildman–Crippen LogP) is 2.23. The van der Waals surface area contributed by atoms with E-state index in [1.807, 2.05) is 20.8 Å². The summed E-state index contributed by atoms with van der Waals surface area (Å²) in [6.45, 7) is 7.61. The fraction of sp³-hybridized carbons (Fsp3) is 0.647. The predicted molar refractivity (Wildman–Crippen MR) is 93.9 cm³/mol. The number of nitrogens with two attached hydrogens (primary N) is 1. The Hall–Kier alpha value is -1.31. The Balaban J connectivity index is 2.29. The van der Waals surface area contributed by atoms with Crippen LogP contribution in [0.1, 0.15) is 33.6 Å². The highest BCUT2D eigenvalue weighted by Crippen LogP contribution is 2.32. The summed E-state index contributed by atoms with van der Waals surface area (Å²) in [5, 5.41) is 0. The molecule has 2 N–H and O–H groups in total. The lowest BCUT2D eigenvalue weighted by molar-refractivity contribution is 0.243. The van der Waals surface area contributed by atoms with Crippen molar-refractivity contribution < 1.29 is 17.9 Å². The Labute approximate surface area is 145 Å². The molecule has 1 aromatic carbocycles. The van der Waals surface area contributed by atoms with Gasteiger partial charge in [0.05, 0.1) is 18.1 Å². The summed E-state index contributed by atoms with van der Waals surface area (Å²) < 4.78 is 38.5. The molecule has 0 radical (unpaired) electrons. The van der Waals surface area contributed by atoms with E-state index in [4.69, 9.17) is 15.2 Å². The van der Waals surface area contributed by atoms with E-state index in [0.29, 0.717) is 37.8 Å². The summed E-state index contributed by atoms with van der Waals surface area (Å²) in [5.74, 6) is 1.22. The number of hydrogen-bond donors (Lipinski definition) is 1. The lowest BCUT2D eigenvalue weighted by Crippen LogP contribution is -2.44. The number of benzene rings is 1. The highest BCUT2D eigenvalue weighted by atomic mass is 32.2. The van der Waals surface area contributed by atoms with E-state index < -0.39 is 10.0 Å². The lowest BCUT2D eigenvalue weighted by atomic mass is 9.93. The molecule has 6 nitrogen and oxygen atoms in total. The van der Waals surface area contributed by atoms with Crippen molar-refractivity contribution >= 4 is 10.0 Å². The second kappa shape index (κ2) is 8.18. The van der Waals surface area contributed by atoms with Crippen LogP contribution in [0.15, 0.2) is 23.1 Å². The summed E-state index contributed by atoms with van der Waals surface area (Å²) in [6, 6.07) is 4.79. The Kier molecular flexibility index (Phi) is 6.48. The first-order valence-electron chi connectivity index (χ1n) is 8.55. The molecular weight excluding hydrogens is 328 g/mol. The van der Waals surface area contributed by atoms with Gasteiger partial charge in [-0.15, -0.1) is 0 Å². The molecule has 1 aromatic rings. The number of sulfonamides is 1. The molecule has 2 atom stereocenters. The van der Waals surface area contributed by atoms with E-state index in [9.17, 15) is 8.42 Å². The Morgan fingerprint density at radius 2 is 1.92 bits per heavy atom. The Morgan fingerprint density at radius 3 is 2.54 bits per heavy atom. The van der Waals surface area contributed by atoms with Gasteiger partial charge in [0.15, 0.2) is 11.5 Å². The number of ether oxygens (including phenoxy) is 2. The third-order valence-electron chi connectivity index (χ3n) is 4.32. The average molecular weight is 356 g/mol. The van der Waals surface area contributed by atoms with Gasteiger partial charge in [-0.25, -0.2) is 8.42 Å². The molecule has 1 fully saturated rings. The first-order valence-corrected chi connectivity index (χ1v) is 9.99. The highest BCUT2D eigenvalue weighted by Gasteiger charge is 2.32. The average Bonchev–Trinajstić information content (AvgIpc) is 2.57. The maximum atomic E-state index is 13.0. The minimum atomic E-state index is -3.56. The van der Waals surface area contributed by atoms with Crippen LogP contribution in [0.25, 0.3) is 0 Å². The summed E-state index contributed by atoms with van der Waals surface area (Å²) in [4.78, 5) is 0.236. The Morgan fingerprint density at radius 1 is 1.25 bits per heavy atom. The van der Waals surface area contributed by atoms with Crippen LogP contribution in [0.3, 0.4) is 0 Å². The highest BCUT2D eigenvalue weighted by molar-refractivity contribution is 7.89. The molecule has 1 heterocycles. The third-order valence-corrected chi connectivity index (χ3v) is 6.18. The van der Waals surface area contributed by atoms with Crippen LogP contribution in [0.4, 0.5) is 0 Å². The molecule has 136 valence electrons. The topological polar surface area (TPSA) is 81.9 Å². The van der Waals surface area contributed by atoms with E-state index in [2.05, 4.69) is 0 Å². The molecule has 7 heteroatoms. The molecule has 1 aliphatic rings. The van der Waals surface area contributed by atoms with Crippen LogP contribution >= 0.6 is 0 Å². The maximum Gasteiger partial charge on any atom is 0.243 e. The number of piperidine rings is 1. The zero-order chi connectivity index (χ0) is 17.7. The molecule has 0 spiro atoms. The quantitative estimate of drug-likeness (QED) is 0.810. The largest absolute Gasteiger partial charge is 0.490 e. The van der Waals surface area contributed by atoms with E-state index in [0.717, 1.165) is 12.8 Å². The molecular formula is C17H28N2O4S. The van der Waals surface area contributed by atoms with Gasteiger partial charge in [-0.1, -0.05) is 0 Å². The zero-order valence-corrected chi connectivity index (χ0v) is 15.5. The number of rotatable bonds is 7. The molecule has 0 bridgehead atoms. The minimum Gasteiger partial charge on any atom is -0.490 e. The lowest BCUT2D eigenvalue weighted by Gasteiger charge is -2.33. The van der Waals surface area contributed by atoms with E-state index >= 15 is 0 Å². The number of hydrogen-bond acceptors (Lipinski definition) is 5. The van der Waals surface area contributed by atoms with Crippen LogP contribution in [-0.4, -0.2) is 45.1 Å². The molecule has 24 heavy (non-hydrogen) atoms. The van der Waals surface area contributed by atoms with Crippen LogP contribution in [-0.2, 0) is 10.0 Å². The maximum absolute atomic E-state index is 13.0. The monoisotopic (exact) mass is 356 g/mol. The SMILES string of the molecule is CCOc1ccc(S(=O)(=O)N2CCCC(C(C)N)C2)cc1OCC. The van der Waals surface area contributed by atoms with Crippen molar-refractivity contribution in [1.82, 2.24) is 4.31 Å². The molecule has 1 saturated heterocycles. The summed E-state index contributed by atoms with van der Waals surface area (Å²) in [6.07, 6.45) is 1.80. The smallest absolute Gasteiger partial charge is 0.243 e. The summed E-state index contributed by atoms with van der Waals surface area (Å²) in [7, 11) is -3.56. The van der Waals surface area contributed by atoms with Crippen molar-refractivity contribution in [1.29, 1.82) is 0 Å². The fourth-order valence-corrected chi connectivity index (χ4v) is 4.51. The van der Waals surface area contributed by atoms with Gasteiger partial charge in [0.1, 0.15) is 0 Å². The molecule has 0 saturated carbocycles. The van der Waals surface area contributed by atoms with Gasteiger partial charge in [-0.3, -0.25) is 0 Å². The minimum absolute atomic E-state index is 0.0117. The summed E-state index contributed by atoms with van der Waals surface area (Å²) >= 11 is 0. The van der Waals surface area contributed by atoms with E-state index in [1.165, 1.54) is 4.31 Å². The van der Waals surface area contributed by atoms with Gasteiger partial charge < -0.3 is 15.2 Å². The van der Waals surface area contributed by atoms with E-state index in [1.54, 1.807) is 18.2 Å². The van der Waals surface area contributed by atoms with Crippen LogP contribution in [0, 0.1) is 5.92 Å². The summed E-state index contributed by atoms with van der Waals surface area (Å²) in [5.41, 5.74) is 5.97. The Bertz CT molecular complexity index is 646. The van der Waals surface area contributed by atoms with Gasteiger partial charge >= 0.3 is 0 Å². The van der Waals surface area contributed by atoms with Crippen molar-refractivity contribution in [3.05, 3.63) is 18.2 Å². The second-order valence-electron chi connectivity index (χ2n) is 6.10. The molecule has 2 unspecified atom stereocenters. The molecule has 1 aliphatic heterocycles. The zero-order valence-electron chi connectivity index (χ0n) is 14.7. The van der Waals surface area contributed by atoms with Gasteiger partial charge in [-0.2, -0.15) is 4.31 Å². The molecule has 0 aromatic heterocycles. The van der Waals surface area contributed by atoms with Gasteiger partial charge in [0, 0.05) is 25.2 Å². The van der Waals surface area contributed by atoms with Crippen molar-refractivity contribution in [3.8, 4) is 11.5 Å². The van der Waals surface area contributed by atoms with Crippen LogP contribution in [0.5, 0.6) is 11.5 Å². The van der Waals surface area contributed by atoms with Gasteiger partial charge in [0.2, 0.25) is 10.0 Å². The third kappa shape index (κ3) is 4.20. The fourth-order valence-electron chi connectivity index (χ4n) is 2.96. The first kappa shape index (κ1) is 19.0. The second-order valence-corrected chi connectivity index (χ2v) is 8.04. The van der Waals surface area contributed by atoms with Crippen molar-refractivity contribution in [3.63, 3.8) is 0 Å². The molecule has 0 amide bonds. The van der Waals surface area contributed by atoms with Crippen LogP contribution < -0.4 is 15.2 Å². The van der Waals surface area contributed by atoms with Crippen molar-refractivity contribution in [2.45, 2.75) is 44.6 Å². The van der Waals surface area contributed by atoms with Crippen molar-refractivity contribution in [2.24, 2.45) is 11.7 Å². The van der Waals surface area contributed by atoms with Gasteiger partial charge in [-0.05, 0) is 51.7 Å². The van der Waals surface area contributed by atoms with E-state index in [-0.39, 0.29) is 16.9 Å². The van der Waals surface area contributed by atoms with Crippen molar-refractivity contribution in [2.75, 3.05) is 26.3 Å². The van der Waals surface area contributed by atoms with Crippen LogP contribution in [0.2, 0.25) is 0 Å². The van der Waals surface area contributed by atoms with Gasteiger partial charge in [0.25, 0.3) is 0 Å². The standard InChI is InChI=1S/C17H28N2O4S/c1-4-22-16-9-8-15(11-17(16)23-5-2)24(20,21)19-10-6-7-14(12-19)13(3)18/h8-9,11,13-14H,4-7,10,12,18H2,1-3H3. The first-order chi connectivity index (χ1) is 11.4. The molecule has 0 aliphatic carbocycles. The normalized spacial score (nSPS) is 20.6.